The van der Waals surface area contributed by atoms with Gasteiger partial charge in [-0.3, -0.25) is 0 Å². The van der Waals surface area contributed by atoms with Crippen molar-refractivity contribution in [1.29, 1.82) is 0 Å². The number of nitrogens with zero attached hydrogens (tertiary/aromatic N) is 1. The van der Waals surface area contributed by atoms with Gasteiger partial charge in [-0.25, -0.2) is 0 Å². The monoisotopic (exact) mass is 139 g/mol. The van der Waals surface area contributed by atoms with Gasteiger partial charge in [0.2, 0.25) is 0 Å². The van der Waals surface area contributed by atoms with Crippen LogP contribution in [0.15, 0.2) is 23.9 Å². The van der Waals surface area contributed by atoms with Gasteiger partial charge < -0.3 is 4.90 Å². The topological polar surface area (TPSA) is 3.24 Å². The van der Waals surface area contributed by atoms with Gasteiger partial charge in [-0.15, -0.1) is 0 Å². The Morgan fingerprint density at radius 1 is 1.50 bits per heavy atom. The molecular formula is C9H17N. The minimum Gasteiger partial charge on any atom is -0.381 e. The largest absolute Gasteiger partial charge is 0.381 e. The summed E-state index contributed by atoms with van der Waals surface area (Å²) in [7, 11) is 4.11. The van der Waals surface area contributed by atoms with Crippen LogP contribution in [0.3, 0.4) is 0 Å². The molecule has 0 aliphatic rings. The molecule has 0 unspecified atom stereocenters. The second-order valence-electron chi connectivity index (χ2n) is 2.73. The van der Waals surface area contributed by atoms with Crippen molar-refractivity contribution >= 4 is 0 Å². The molecule has 0 saturated heterocycles. The Morgan fingerprint density at radius 2 is 2.00 bits per heavy atom. The second kappa shape index (κ2) is 4.15. The summed E-state index contributed by atoms with van der Waals surface area (Å²) in [5, 5.41) is 0. The first kappa shape index (κ1) is 9.28. The van der Waals surface area contributed by atoms with E-state index in [-0.39, 0.29) is 0 Å². The van der Waals surface area contributed by atoms with Crippen LogP contribution in [0.5, 0.6) is 0 Å². The van der Waals surface area contributed by atoms with Crippen LogP contribution < -0.4 is 0 Å². The van der Waals surface area contributed by atoms with Crippen LogP contribution in [0, 0.1) is 0 Å². The highest BCUT2D eigenvalue weighted by molar-refractivity contribution is 5.17. The number of rotatable bonds is 3. The summed E-state index contributed by atoms with van der Waals surface area (Å²) in [4.78, 5) is 2.12. The first-order chi connectivity index (χ1) is 4.57. The van der Waals surface area contributed by atoms with Gasteiger partial charge in [-0.05, 0) is 19.4 Å². The highest BCUT2D eigenvalue weighted by Crippen LogP contribution is 2.06. The van der Waals surface area contributed by atoms with Crippen LogP contribution in [0.1, 0.15) is 20.3 Å². The van der Waals surface area contributed by atoms with Crippen molar-refractivity contribution < 1.29 is 0 Å². The standard InChI is InChI=1S/C9H17N/c1-6-9(10(4)5)7-8(2)3/h7H,2,6H2,1,3-5H3/b9-7-. The van der Waals surface area contributed by atoms with Crippen molar-refractivity contribution in [1.82, 2.24) is 4.90 Å². The smallest absolute Gasteiger partial charge is 0.0127 e. The fourth-order valence-electron chi connectivity index (χ4n) is 0.832. The van der Waals surface area contributed by atoms with Gasteiger partial charge in [0.05, 0.1) is 0 Å². The quantitative estimate of drug-likeness (QED) is 0.543. The normalized spacial score (nSPS) is 11.4. The molecule has 0 amide bonds. The molecule has 0 fully saturated rings. The first-order valence-corrected chi connectivity index (χ1v) is 3.61. The van der Waals surface area contributed by atoms with Crippen molar-refractivity contribution in [2.24, 2.45) is 0 Å². The molecule has 0 aromatic carbocycles. The molecule has 0 saturated carbocycles. The Labute approximate surface area is 64.0 Å². The lowest BCUT2D eigenvalue weighted by molar-refractivity contribution is 0.494. The average molecular weight is 139 g/mol. The molecule has 0 aromatic heterocycles. The van der Waals surface area contributed by atoms with Crippen LogP contribution in [-0.4, -0.2) is 19.0 Å². The Balaban J connectivity index is 4.18. The average Bonchev–Trinajstić information content (AvgIpc) is 1.81. The van der Waals surface area contributed by atoms with E-state index >= 15 is 0 Å². The Hall–Kier alpha value is -0.720. The third kappa shape index (κ3) is 3.33. The van der Waals surface area contributed by atoms with Gasteiger partial charge in [-0.2, -0.15) is 0 Å². The minimum atomic E-state index is 1.07. The van der Waals surface area contributed by atoms with E-state index in [4.69, 9.17) is 0 Å². The predicted octanol–water partition coefficient (Wildman–Crippen LogP) is 2.42. The van der Waals surface area contributed by atoms with Crippen LogP contribution in [0.25, 0.3) is 0 Å². The molecular weight excluding hydrogens is 122 g/mol. The van der Waals surface area contributed by atoms with E-state index in [2.05, 4.69) is 38.6 Å². The second-order valence-corrected chi connectivity index (χ2v) is 2.73. The number of hydrogen-bond donors (Lipinski definition) is 0. The summed E-state index contributed by atoms with van der Waals surface area (Å²) in [6.45, 7) is 7.98. The molecule has 58 valence electrons. The van der Waals surface area contributed by atoms with Crippen molar-refractivity contribution in [3.05, 3.63) is 23.9 Å². The molecule has 0 radical (unpaired) electrons. The third-order valence-corrected chi connectivity index (χ3v) is 1.35. The summed E-state index contributed by atoms with van der Waals surface area (Å²) >= 11 is 0. The van der Waals surface area contributed by atoms with E-state index in [9.17, 15) is 0 Å². The molecule has 0 spiro atoms. The van der Waals surface area contributed by atoms with E-state index in [0.29, 0.717) is 0 Å². The molecule has 0 N–H and O–H groups in total. The summed E-state index contributed by atoms with van der Waals surface area (Å²) < 4.78 is 0. The highest BCUT2D eigenvalue weighted by Gasteiger charge is 1.93. The molecule has 0 aliphatic heterocycles. The van der Waals surface area contributed by atoms with Gasteiger partial charge in [0.1, 0.15) is 0 Å². The number of hydrogen-bond acceptors (Lipinski definition) is 1. The van der Waals surface area contributed by atoms with E-state index in [1.165, 1.54) is 5.70 Å². The van der Waals surface area contributed by atoms with Crippen molar-refractivity contribution in [2.45, 2.75) is 20.3 Å². The lowest BCUT2D eigenvalue weighted by Crippen LogP contribution is -2.10. The Kier molecular flexibility index (Phi) is 3.85. The molecule has 1 heteroatoms. The van der Waals surface area contributed by atoms with Gasteiger partial charge in [0.25, 0.3) is 0 Å². The maximum absolute atomic E-state index is 3.82. The fraction of sp³-hybridized carbons (Fsp3) is 0.556. The van der Waals surface area contributed by atoms with E-state index < -0.39 is 0 Å². The van der Waals surface area contributed by atoms with E-state index in [0.717, 1.165) is 12.0 Å². The third-order valence-electron chi connectivity index (χ3n) is 1.35. The zero-order valence-corrected chi connectivity index (χ0v) is 7.44. The highest BCUT2D eigenvalue weighted by atomic mass is 15.1. The van der Waals surface area contributed by atoms with Gasteiger partial charge >= 0.3 is 0 Å². The minimum absolute atomic E-state index is 1.07. The fourth-order valence-corrected chi connectivity index (χ4v) is 0.832. The van der Waals surface area contributed by atoms with Crippen LogP contribution in [0.4, 0.5) is 0 Å². The number of allylic oxidation sites excluding steroid dienone is 3. The molecule has 10 heavy (non-hydrogen) atoms. The zero-order valence-electron chi connectivity index (χ0n) is 7.44. The van der Waals surface area contributed by atoms with Crippen molar-refractivity contribution in [3.8, 4) is 0 Å². The summed E-state index contributed by atoms with van der Waals surface area (Å²) in [5.41, 5.74) is 2.44. The van der Waals surface area contributed by atoms with Crippen LogP contribution in [-0.2, 0) is 0 Å². The maximum atomic E-state index is 3.82. The Bertz CT molecular complexity index is 143. The van der Waals surface area contributed by atoms with Crippen LogP contribution >= 0.6 is 0 Å². The van der Waals surface area contributed by atoms with E-state index in [1.54, 1.807) is 0 Å². The lowest BCUT2D eigenvalue weighted by Gasteiger charge is -2.15. The van der Waals surface area contributed by atoms with Crippen LogP contribution in [0.2, 0.25) is 0 Å². The van der Waals surface area contributed by atoms with Crippen molar-refractivity contribution in [2.75, 3.05) is 14.1 Å². The summed E-state index contributed by atoms with van der Waals surface area (Å²) in [6, 6.07) is 0. The lowest BCUT2D eigenvalue weighted by atomic mass is 10.2. The molecule has 0 aromatic rings. The van der Waals surface area contributed by atoms with Gasteiger partial charge in [-0.1, -0.05) is 19.1 Å². The van der Waals surface area contributed by atoms with Gasteiger partial charge in [0, 0.05) is 19.8 Å². The predicted molar refractivity (Wildman–Crippen MR) is 46.9 cm³/mol. The SMILES string of the molecule is C=C(C)/C=C(/CC)N(C)C. The van der Waals surface area contributed by atoms with Gasteiger partial charge in [0.15, 0.2) is 0 Å². The molecule has 0 atom stereocenters. The van der Waals surface area contributed by atoms with E-state index in [1.807, 2.05) is 6.92 Å². The maximum Gasteiger partial charge on any atom is 0.0127 e. The molecule has 0 heterocycles. The summed E-state index contributed by atoms with van der Waals surface area (Å²) in [6.07, 6.45) is 3.18. The summed E-state index contributed by atoms with van der Waals surface area (Å²) in [5.74, 6) is 0. The molecule has 0 bridgehead atoms. The first-order valence-electron chi connectivity index (χ1n) is 3.61. The molecule has 0 aliphatic carbocycles. The molecule has 0 rings (SSSR count). The molecule has 1 nitrogen and oxygen atoms in total. The Morgan fingerprint density at radius 3 is 2.10 bits per heavy atom. The van der Waals surface area contributed by atoms with Crippen molar-refractivity contribution in [3.63, 3.8) is 0 Å². The zero-order chi connectivity index (χ0) is 8.15.